The summed E-state index contributed by atoms with van der Waals surface area (Å²) in [6.45, 7) is 4.69. The lowest BCUT2D eigenvalue weighted by Crippen LogP contribution is -2.20. The molecule has 0 N–H and O–H groups in total. The molecule has 0 saturated heterocycles. The third-order valence-electron chi connectivity index (χ3n) is 8.24. The molecule has 0 atom stereocenters. The molecule has 42 heavy (non-hydrogen) atoms. The second kappa shape index (κ2) is 10.6. The Labute approximate surface area is 253 Å². The molecular formula is C39H31ClN2. The molecule has 6 aromatic carbocycles. The second-order valence-corrected chi connectivity index (χ2v) is 11.6. The van der Waals surface area contributed by atoms with Crippen molar-refractivity contribution in [2.75, 3.05) is 9.80 Å². The molecule has 1 aliphatic carbocycles. The Morgan fingerprint density at radius 3 is 1.64 bits per heavy atom. The van der Waals surface area contributed by atoms with Crippen LogP contribution in [0.25, 0.3) is 11.1 Å². The lowest BCUT2D eigenvalue weighted by atomic mass is 9.81. The minimum absolute atomic E-state index is 0.149. The summed E-state index contributed by atoms with van der Waals surface area (Å²) in [5.41, 5.74) is 11.7. The van der Waals surface area contributed by atoms with E-state index in [2.05, 4.69) is 151 Å². The van der Waals surface area contributed by atoms with Gasteiger partial charge in [0.05, 0.1) is 5.69 Å². The van der Waals surface area contributed by atoms with Crippen molar-refractivity contribution in [2.45, 2.75) is 19.3 Å². The summed E-state index contributed by atoms with van der Waals surface area (Å²) >= 11 is 6.49. The molecule has 0 amide bonds. The number of nitrogens with zero attached hydrogens (tertiary/aromatic N) is 2. The van der Waals surface area contributed by atoms with Crippen molar-refractivity contribution >= 4 is 45.7 Å². The third-order valence-corrected chi connectivity index (χ3v) is 8.48. The van der Waals surface area contributed by atoms with Crippen molar-refractivity contribution in [3.63, 3.8) is 0 Å². The van der Waals surface area contributed by atoms with Crippen LogP contribution in [0.2, 0.25) is 5.02 Å². The van der Waals surface area contributed by atoms with Gasteiger partial charge >= 0.3 is 0 Å². The van der Waals surface area contributed by atoms with Crippen LogP contribution in [0.15, 0.2) is 152 Å². The number of para-hydroxylation sites is 2. The average molecular weight is 563 g/mol. The zero-order valence-electron chi connectivity index (χ0n) is 23.7. The molecule has 0 aromatic heterocycles. The smallest absolute Gasteiger partial charge is 0.0508 e. The third kappa shape index (κ3) is 4.45. The largest absolute Gasteiger partial charge is 0.310 e. The van der Waals surface area contributed by atoms with Crippen LogP contribution < -0.4 is 9.80 Å². The van der Waals surface area contributed by atoms with Gasteiger partial charge in [0.15, 0.2) is 0 Å². The minimum Gasteiger partial charge on any atom is -0.310 e. The SMILES string of the molecule is CC1(C)c2ccccc2-c2cccc(N(c3ccccc3)c3cccc(N(c4ccccc4)c4cccc(Cl)c4)c3)c21. The first-order chi connectivity index (χ1) is 20.5. The summed E-state index contributed by atoms with van der Waals surface area (Å²) in [4.78, 5) is 4.66. The number of anilines is 6. The second-order valence-electron chi connectivity index (χ2n) is 11.2. The van der Waals surface area contributed by atoms with Gasteiger partial charge in [0.2, 0.25) is 0 Å². The van der Waals surface area contributed by atoms with Gasteiger partial charge in [0, 0.05) is 38.9 Å². The highest BCUT2D eigenvalue weighted by Crippen LogP contribution is 2.54. The summed E-state index contributed by atoms with van der Waals surface area (Å²) in [6.07, 6.45) is 0. The van der Waals surface area contributed by atoms with Crippen LogP contribution in [0.1, 0.15) is 25.0 Å². The van der Waals surface area contributed by atoms with Gasteiger partial charge in [0.25, 0.3) is 0 Å². The number of halogens is 1. The Balaban J connectivity index is 1.44. The molecule has 204 valence electrons. The highest BCUT2D eigenvalue weighted by Gasteiger charge is 2.38. The van der Waals surface area contributed by atoms with E-state index in [-0.39, 0.29) is 5.41 Å². The summed E-state index contributed by atoms with van der Waals surface area (Å²) < 4.78 is 0. The van der Waals surface area contributed by atoms with Crippen molar-refractivity contribution in [2.24, 2.45) is 0 Å². The Bertz CT molecular complexity index is 1880. The van der Waals surface area contributed by atoms with Gasteiger partial charge in [0.1, 0.15) is 0 Å². The molecule has 0 heterocycles. The van der Waals surface area contributed by atoms with E-state index in [1.165, 1.54) is 27.9 Å². The van der Waals surface area contributed by atoms with Crippen molar-refractivity contribution < 1.29 is 0 Å². The molecule has 0 radical (unpaired) electrons. The van der Waals surface area contributed by atoms with Crippen LogP contribution >= 0.6 is 11.6 Å². The fourth-order valence-electron chi connectivity index (χ4n) is 6.42. The maximum Gasteiger partial charge on any atom is 0.0508 e. The Morgan fingerprint density at radius 1 is 0.452 bits per heavy atom. The summed E-state index contributed by atoms with van der Waals surface area (Å²) in [7, 11) is 0. The molecule has 6 aromatic rings. The maximum absolute atomic E-state index is 6.49. The summed E-state index contributed by atoms with van der Waals surface area (Å²) in [6, 6.07) is 53.5. The molecule has 2 nitrogen and oxygen atoms in total. The van der Waals surface area contributed by atoms with Crippen LogP contribution in [0, 0.1) is 0 Å². The first-order valence-corrected chi connectivity index (χ1v) is 14.7. The molecule has 0 spiro atoms. The number of fused-ring (bicyclic) bond motifs is 3. The van der Waals surface area contributed by atoms with Gasteiger partial charge in [-0.2, -0.15) is 0 Å². The van der Waals surface area contributed by atoms with Gasteiger partial charge in [-0.1, -0.05) is 110 Å². The van der Waals surface area contributed by atoms with Crippen LogP contribution in [-0.2, 0) is 5.41 Å². The molecule has 0 fully saturated rings. The lowest BCUT2D eigenvalue weighted by molar-refractivity contribution is 0.661. The van der Waals surface area contributed by atoms with Gasteiger partial charge in [-0.3, -0.25) is 0 Å². The van der Waals surface area contributed by atoms with Gasteiger partial charge in [-0.25, -0.2) is 0 Å². The predicted octanol–water partition coefficient (Wildman–Crippen LogP) is 11.6. The van der Waals surface area contributed by atoms with E-state index >= 15 is 0 Å². The lowest BCUT2D eigenvalue weighted by Gasteiger charge is -2.33. The first-order valence-electron chi connectivity index (χ1n) is 14.3. The fraction of sp³-hybridized carbons (Fsp3) is 0.0769. The Hall–Kier alpha value is -4.79. The topological polar surface area (TPSA) is 6.48 Å². The number of rotatable bonds is 6. The summed E-state index contributed by atoms with van der Waals surface area (Å²) in [5, 5.41) is 0.706. The highest BCUT2D eigenvalue weighted by atomic mass is 35.5. The Kier molecular flexibility index (Phi) is 6.57. The van der Waals surface area contributed by atoms with Gasteiger partial charge in [-0.15, -0.1) is 0 Å². The normalized spacial score (nSPS) is 12.8. The molecule has 7 rings (SSSR count). The monoisotopic (exact) mass is 562 g/mol. The standard InChI is InChI=1S/C39H31ClN2/c1-39(2)36-24-10-9-22-34(36)35-23-13-25-37(38(35)39)42(30-17-7-4-8-18-30)33-21-12-20-32(27-33)41(29-15-5-3-6-16-29)31-19-11-14-28(40)26-31/h3-27H,1-2H3. The highest BCUT2D eigenvalue weighted by molar-refractivity contribution is 6.30. The van der Waals surface area contributed by atoms with Gasteiger partial charge in [-0.05, 0) is 89.0 Å². The molecule has 0 bridgehead atoms. The first kappa shape index (κ1) is 26.1. The molecular weight excluding hydrogens is 532 g/mol. The van der Waals surface area contributed by atoms with Crippen LogP contribution in [0.4, 0.5) is 34.1 Å². The van der Waals surface area contributed by atoms with Gasteiger partial charge < -0.3 is 9.80 Å². The fourth-order valence-corrected chi connectivity index (χ4v) is 6.60. The summed E-state index contributed by atoms with van der Waals surface area (Å²) in [5.74, 6) is 0. The average Bonchev–Trinajstić information content (AvgIpc) is 3.26. The quantitative estimate of drug-likeness (QED) is 0.199. The Morgan fingerprint density at radius 2 is 0.952 bits per heavy atom. The molecule has 0 saturated carbocycles. The van der Waals surface area contributed by atoms with Crippen molar-refractivity contribution in [3.8, 4) is 11.1 Å². The zero-order chi connectivity index (χ0) is 28.7. The molecule has 0 unspecified atom stereocenters. The molecule has 0 aliphatic heterocycles. The van der Waals surface area contributed by atoms with E-state index in [1.54, 1.807) is 0 Å². The van der Waals surface area contributed by atoms with Crippen LogP contribution in [0.5, 0.6) is 0 Å². The van der Waals surface area contributed by atoms with E-state index in [0.717, 1.165) is 28.4 Å². The minimum atomic E-state index is -0.149. The van der Waals surface area contributed by atoms with E-state index in [0.29, 0.717) is 5.02 Å². The van der Waals surface area contributed by atoms with Crippen LogP contribution in [0.3, 0.4) is 0 Å². The van der Waals surface area contributed by atoms with Crippen molar-refractivity contribution in [1.29, 1.82) is 0 Å². The van der Waals surface area contributed by atoms with E-state index in [9.17, 15) is 0 Å². The van der Waals surface area contributed by atoms with Crippen molar-refractivity contribution in [3.05, 3.63) is 168 Å². The molecule has 1 aliphatic rings. The van der Waals surface area contributed by atoms with Crippen LogP contribution in [-0.4, -0.2) is 0 Å². The van der Waals surface area contributed by atoms with E-state index in [1.807, 2.05) is 24.3 Å². The number of hydrogen-bond donors (Lipinski definition) is 0. The predicted molar refractivity (Wildman–Crippen MR) is 178 cm³/mol. The van der Waals surface area contributed by atoms with E-state index in [4.69, 9.17) is 11.6 Å². The van der Waals surface area contributed by atoms with E-state index < -0.39 is 0 Å². The number of hydrogen-bond acceptors (Lipinski definition) is 2. The zero-order valence-corrected chi connectivity index (χ0v) is 24.5. The number of benzene rings is 6. The molecule has 3 heteroatoms. The maximum atomic E-state index is 6.49. The van der Waals surface area contributed by atoms with Crippen molar-refractivity contribution in [1.82, 2.24) is 0 Å².